The zero-order valence-corrected chi connectivity index (χ0v) is 16.1. The van der Waals surface area contributed by atoms with E-state index < -0.39 is 4.92 Å². The predicted molar refractivity (Wildman–Crippen MR) is 109 cm³/mol. The van der Waals surface area contributed by atoms with E-state index in [1.807, 2.05) is 0 Å². The molecule has 0 saturated carbocycles. The van der Waals surface area contributed by atoms with Crippen LogP contribution in [0.3, 0.4) is 0 Å². The summed E-state index contributed by atoms with van der Waals surface area (Å²) in [5, 5.41) is 17.5. The molecule has 0 aliphatic carbocycles. The Balaban J connectivity index is 2.01. The van der Waals surface area contributed by atoms with Gasteiger partial charge in [-0.1, -0.05) is 24.3 Å². The van der Waals surface area contributed by atoms with E-state index in [4.69, 9.17) is 4.74 Å². The van der Waals surface area contributed by atoms with Gasteiger partial charge in [-0.3, -0.25) is 14.9 Å². The second-order valence-corrected chi connectivity index (χ2v) is 6.17. The van der Waals surface area contributed by atoms with Crippen molar-refractivity contribution < 1.29 is 14.5 Å². The number of benzene rings is 2. The van der Waals surface area contributed by atoms with Crippen LogP contribution in [0, 0.1) is 17.0 Å². The van der Waals surface area contributed by atoms with Crippen molar-refractivity contribution in [3.8, 4) is 5.75 Å². The number of carbonyl (C=O) groups excluding carboxylic acids is 1. The van der Waals surface area contributed by atoms with Gasteiger partial charge in [0.1, 0.15) is 11.4 Å². The van der Waals surface area contributed by atoms with Crippen LogP contribution in [0.2, 0.25) is 0 Å². The summed E-state index contributed by atoms with van der Waals surface area (Å²) in [4.78, 5) is 31.1. The third-order valence-corrected chi connectivity index (χ3v) is 4.13. The largest absolute Gasteiger partial charge is 0.495 e. The standard InChI is InChI=1S/C20H19N5O4/c1-12-18(25(27)28)19(23-16-9-4-5-10-17(16)29-3)24-20(21-12)22-15-8-6-7-14(11-15)13(2)26/h4-11H,1-3H3,(H2,21,22,23,24). The fourth-order valence-electron chi connectivity index (χ4n) is 2.75. The van der Waals surface area contributed by atoms with E-state index in [2.05, 4.69) is 20.6 Å². The molecule has 9 heteroatoms. The molecule has 0 spiro atoms. The van der Waals surface area contributed by atoms with Crippen molar-refractivity contribution in [1.29, 1.82) is 0 Å². The molecule has 0 radical (unpaired) electrons. The fourth-order valence-corrected chi connectivity index (χ4v) is 2.75. The smallest absolute Gasteiger partial charge is 0.332 e. The van der Waals surface area contributed by atoms with Gasteiger partial charge in [-0.15, -0.1) is 0 Å². The van der Waals surface area contributed by atoms with Crippen LogP contribution in [0.4, 0.5) is 28.8 Å². The molecule has 1 heterocycles. The maximum atomic E-state index is 11.6. The first-order valence-corrected chi connectivity index (χ1v) is 8.70. The maximum Gasteiger partial charge on any atom is 0.332 e. The first-order chi connectivity index (χ1) is 13.9. The third kappa shape index (κ3) is 4.46. The van der Waals surface area contributed by atoms with Gasteiger partial charge in [0.25, 0.3) is 0 Å². The van der Waals surface area contributed by atoms with Gasteiger partial charge >= 0.3 is 5.69 Å². The molecule has 0 atom stereocenters. The zero-order valence-electron chi connectivity index (χ0n) is 16.1. The van der Waals surface area contributed by atoms with Crippen LogP contribution in [0.15, 0.2) is 48.5 Å². The minimum atomic E-state index is -0.534. The molecule has 29 heavy (non-hydrogen) atoms. The summed E-state index contributed by atoms with van der Waals surface area (Å²) in [5.41, 5.74) is 1.60. The normalized spacial score (nSPS) is 10.3. The average Bonchev–Trinajstić information content (AvgIpc) is 2.68. The summed E-state index contributed by atoms with van der Waals surface area (Å²) in [6, 6.07) is 13.9. The molecule has 0 amide bonds. The molecule has 0 fully saturated rings. The second kappa shape index (κ2) is 8.34. The predicted octanol–water partition coefficient (Wildman–Crippen LogP) is 4.39. The Hall–Kier alpha value is -4.01. The quantitative estimate of drug-likeness (QED) is 0.344. The number of anilines is 4. The first kappa shape index (κ1) is 19.7. The first-order valence-electron chi connectivity index (χ1n) is 8.70. The number of para-hydroxylation sites is 2. The van der Waals surface area contributed by atoms with E-state index in [9.17, 15) is 14.9 Å². The summed E-state index contributed by atoms with van der Waals surface area (Å²) < 4.78 is 5.29. The summed E-state index contributed by atoms with van der Waals surface area (Å²) in [5.74, 6) is 0.623. The molecule has 9 nitrogen and oxygen atoms in total. The van der Waals surface area contributed by atoms with E-state index in [1.54, 1.807) is 48.5 Å². The van der Waals surface area contributed by atoms with Crippen molar-refractivity contribution in [2.75, 3.05) is 17.7 Å². The van der Waals surface area contributed by atoms with Gasteiger partial charge in [0, 0.05) is 11.3 Å². The molecule has 3 aromatic rings. The Labute approximate surface area is 166 Å². The molecular formula is C20H19N5O4. The maximum absolute atomic E-state index is 11.6. The number of nitro groups is 1. The van der Waals surface area contributed by atoms with Gasteiger partial charge in [-0.05, 0) is 38.1 Å². The van der Waals surface area contributed by atoms with Crippen molar-refractivity contribution in [2.45, 2.75) is 13.8 Å². The third-order valence-electron chi connectivity index (χ3n) is 4.13. The number of hydrogen-bond donors (Lipinski definition) is 2. The lowest BCUT2D eigenvalue weighted by molar-refractivity contribution is -0.385. The van der Waals surface area contributed by atoms with E-state index in [1.165, 1.54) is 21.0 Å². The monoisotopic (exact) mass is 393 g/mol. The zero-order chi connectivity index (χ0) is 21.0. The lowest BCUT2D eigenvalue weighted by Gasteiger charge is -2.13. The van der Waals surface area contributed by atoms with E-state index in [-0.39, 0.29) is 28.9 Å². The molecular weight excluding hydrogens is 374 g/mol. The Morgan fingerprint density at radius 1 is 1.10 bits per heavy atom. The molecule has 0 bridgehead atoms. The van der Waals surface area contributed by atoms with E-state index in [0.717, 1.165) is 0 Å². The summed E-state index contributed by atoms with van der Waals surface area (Å²) in [6.07, 6.45) is 0. The summed E-state index contributed by atoms with van der Waals surface area (Å²) in [6.45, 7) is 3.01. The Morgan fingerprint density at radius 2 is 1.86 bits per heavy atom. The number of methoxy groups -OCH3 is 1. The number of nitrogens with one attached hydrogen (secondary N) is 2. The van der Waals surface area contributed by atoms with Gasteiger partial charge in [-0.2, -0.15) is 4.98 Å². The number of hydrogen-bond acceptors (Lipinski definition) is 8. The highest BCUT2D eigenvalue weighted by Gasteiger charge is 2.23. The van der Waals surface area contributed by atoms with Gasteiger partial charge in [0.15, 0.2) is 5.78 Å². The highest BCUT2D eigenvalue weighted by atomic mass is 16.6. The number of aryl methyl sites for hydroxylation is 1. The number of Topliss-reactive ketones (excluding diaryl/α,β-unsaturated/α-hetero) is 1. The van der Waals surface area contributed by atoms with Crippen molar-refractivity contribution in [3.63, 3.8) is 0 Å². The fraction of sp³-hybridized carbons (Fsp3) is 0.150. The second-order valence-electron chi connectivity index (χ2n) is 6.17. The van der Waals surface area contributed by atoms with Crippen molar-refractivity contribution in [1.82, 2.24) is 9.97 Å². The Kier molecular flexibility index (Phi) is 5.68. The molecule has 0 aliphatic heterocycles. The lowest BCUT2D eigenvalue weighted by Crippen LogP contribution is -2.08. The van der Waals surface area contributed by atoms with Crippen LogP contribution in [0.5, 0.6) is 5.75 Å². The number of ketones is 1. The number of nitrogens with zero attached hydrogens (tertiary/aromatic N) is 3. The number of carbonyl (C=O) groups is 1. The van der Waals surface area contributed by atoms with Crippen molar-refractivity contribution >= 4 is 34.6 Å². The molecule has 3 rings (SSSR count). The van der Waals surface area contributed by atoms with Crippen LogP contribution >= 0.6 is 0 Å². The Morgan fingerprint density at radius 3 is 2.55 bits per heavy atom. The summed E-state index contributed by atoms with van der Waals surface area (Å²) >= 11 is 0. The highest BCUT2D eigenvalue weighted by Crippen LogP contribution is 2.33. The van der Waals surface area contributed by atoms with Crippen molar-refractivity contribution in [3.05, 3.63) is 69.9 Å². The van der Waals surface area contributed by atoms with E-state index in [0.29, 0.717) is 22.7 Å². The van der Waals surface area contributed by atoms with Gasteiger partial charge < -0.3 is 15.4 Å². The molecule has 0 saturated heterocycles. The SMILES string of the molecule is COc1ccccc1Nc1nc(Nc2cccc(C(C)=O)c2)nc(C)c1[N+](=O)[O-]. The number of ether oxygens (including phenoxy) is 1. The number of aromatic nitrogens is 2. The van der Waals surface area contributed by atoms with Gasteiger partial charge in [0.2, 0.25) is 11.8 Å². The molecule has 0 unspecified atom stereocenters. The molecule has 2 aromatic carbocycles. The van der Waals surface area contributed by atoms with Crippen LogP contribution in [0.1, 0.15) is 23.0 Å². The molecule has 2 N–H and O–H groups in total. The topological polar surface area (TPSA) is 119 Å². The molecule has 1 aromatic heterocycles. The van der Waals surface area contributed by atoms with E-state index >= 15 is 0 Å². The van der Waals surface area contributed by atoms with Crippen molar-refractivity contribution in [2.24, 2.45) is 0 Å². The lowest BCUT2D eigenvalue weighted by atomic mass is 10.1. The van der Waals surface area contributed by atoms with Crippen LogP contribution in [0.25, 0.3) is 0 Å². The Bertz CT molecular complexity index is 1080. The van der Waals surface area contributed by atoms with Crippen LogP contribution < -0.4 is 15.4 Å². The highest BCUT2D eigenvalue weighted by molar-refractivity contribution is 5.95. The molecule has 0 aliphatic rings. The van der Waals surface area contributed by atoms with Gasteiger partial charge in [-0.25, -0.2) is 4.98 Å². The average molecular weight is 393 g/mol. The molecule has 148 valence electrons. The van der Waals surface area contributed by atoms with Crippen LogP contribution in [-0.2, 0) is 0 Å². The van der Waals surface area contributed by atoms with Crippen LogP contribution in [-0.4, -0.2) is 27.8 Å². The summed E-state index contributed by atoms with van der Waals surface area (Å²) in [7, 11) is 1.51. The number of rotatable bonds is 7. The minimum absolute atomic E-state index is 0.0252. The minimum Gasteiger partial charge on any atom is -0.495 e. The van der Waals surface area contributed by atoms with Gasteiger partial charge in [0.05, 0.1) is 17.7 Å².